The van der Waals surface area contributed by atoms with Crippen LogP contribution in [-0.2, 0) is 11.3 Å². The number of methoxy groups -OCH3 is 4. The molecule has 9 heteroatoms. The van der Waals surface area contributed by atoms with Gasteiger partial charge in [-0.2, -0.15) is 5.26 Å². The van der Waals surface area contributed by atoms with Crippen LogP contribution in [0.25, 0.3) is 0 Å². The first-order valence-corrected chi connectivity index (χ1v) is 8.11. The molecule has 0 saturated heterocycles. The molecule has 27 heavy (non-hydrogen) atoms. The summed E-state index contributed by atoms with van der Waals surface area (Å²) in [7, 11) is 6.13. The third-order valence-electron chi connectivity index (χ3n) is 4.46. The molecule has 3 rings (SSSR count). The first kappa shape index (κ1) is 18.5. The number of aromatic amines is 1. The second-order valence-electron chi connectivity index (χ2n) is 5.86. The Hall–Kier alpha value is -3.25. The monoisotopic (exact) mass is 372 g/mol. The lowest BCUT2D eigenvalue weighted by atomic mass is 9.79. The summed E-state index contributed by atoms with van der Waals surface area (Å²) in [6.45, 7) is 0.262. The second kappa shape index (κ2) is 7.55. The van der Waals surface area contributed by atoms with Gasteiger partial charge in [-0.15, -0.1) is 5.10 Å². The molecule has 142 valence electrons. The lowest BCUT2D eigenvalue weighted by Crippen LogP contribution is -2.31. The van der Waals surface area contributed by atoms with Gasteiger partial charge in [0.15, 0.2) is 11.5 Å². The molecule has 2 atom stereocenters. The largest absolute Gasteiger partial charge is 0.493 e. The summed E-state index contributed by atoms with van der Waals surface area (Å²) >= 11 is 0. The highest BCUT2D eigenvalue weighted by molar-refractivity contribution is 5.85. The molecule has 2 unspecified atom stereocenters. The Balaban J connectivity index is 2.24. The Morgan fingerprint density at radius 3 is 2.37 bits per heavy atom. The standard InChI is InChI=1S/C18H20N4O5/c1-23-8-11-15-14(10(7-19)17(20)27-18(15)22-21-11)9-5-12(24-2)16(26-4)13(6-9)25-3/h5-6,10,14,20H,8H2,1-4H3,(H,21,22). The van der Waals surface area contributed by atoms with Crippen molar-refractivity contribution >= 4 is 5.90 Å². The minimum absolute atomic E-state index is 0.167. The maximum absolute atomic E-state index is 9.71. The summed E-state index contributed by atoms with van der Waals surface area (Å²) < 4.78 is 26.9. The minimum Gasteiger partial charge on any atom is -0.493 e. The Kier molecular flexibility index (Phi) is 5.19. The molecule has 0 amide bonds. The van der Waals surface area contributed by atoms with Crippen LogP contribution in [0.5, 0.6) is 23.1 Å². The molecule has 2 N–H and O–H groups in total. The van der Waals surface area contributed by atoms with Crippen molar-refractivity contribution in [3.8, 4) is 29.2 Å². The van der Waals surface area contributed by atoms with Gasteiger partial charge in [-0.3, -0.25) is 10.5 Å². The number of H-pyrrole nitrogens is 1. The molecule has 2 aromatic rings. The van der Waals surface area contributed by atoms with Gasteiger partial charge in [0, 0.05) is 18.6 Å². The first-order valence-electron chi connectivity index (χ1n) is 8.11. The summed E-state index contributed by atoms with van der Waals surface area (Å²) in [6, 6.07) is 5.69. The number of hydrogen-bond donors (Lipinski definition) is 2. The highest BCUT2D eigenvalue weighted by Gasteiger charge is 2.41. The van der Waals surface area contributed by atoms with Crippen molar-refractivity contribution in [2.45, 2.75) is 12.5 Å². The van der Waals surface area contributed by atoms with Crippen LogP contribution in [0.2, 0.25) is 0 Å². The minimum atomic E-state index is -0.839. The van der Waals surface area contributed by atoms with Gasteiger partial charge in [0.05, 0.1) is 39.7 Å². The van der Waals surface area contributed by atoms with Crippen molar-refractivity contribution in [3.05, 3.63) is 29.0 Å². The van der Waals surface area contributed by atoms with Gasteiger partial charge in [0.2, 0.25) is 17.5 Å². The van der Waals surface area contributed by atoms with Crippen LogP contribution in [0.15, 0.2) is 12.1 Å². The van der Waals surface area contributed by atoms with Gasteiger partial charge in [-0.25, -0.2) is 0 Å². The fourth-order valence-corrected chi connectivity index (χ4v) is 3.28. The number of fused-ring (bicyclic) bond motifs is 1. The zero-order valence-corrected chi connectivity index (χ0v) is 15.5. The molecule has 0 aliphatic carbocycles. The fourth-order valence-electron chi connectivity index (χ4n) is 3.28. The third kappa shape index (κ3) is 3.04. The van der Waals surface area contributed by atoms with E-state index in [1.807, 2.05) is 0 Å². The highest BCUT2D eigenvalue weighted by Crippen LogP contribution is 2.47. The van der Waals surface area contributed by atoms with Gasteiger partial charge in [-0.1, -0.05) is 0 Å². The Morgan fingerprint density at radius 2 is 1.85 bits per heavy atom. The zero-order chi connectivity index (χ0) is 19.6. The van der Waals surface area contributed by atoms with Crippen molar-refractivity contribution in [1.82, 2.24) is 10.2 Å². The zero-order valence-electron chi connectivity index (χ0n) is 15.5. The Morgan fingerprint density at radius 1 is 1.19 bits per heavy atom. The molecule has 0 radical (unpaired) electrons. The highest BCUT2D eigenvalue weighted by atomic mass is 16.5. The summed E-state index contributed by atoms with van der Waals surface area (Å²) in [5.41, 5.74) is 2.07. The topological polar surface area (TPSA) is 122 Å². The van der Waals surface area contributed by atoms with Crippen LogP contribution in [0, 0.1) is 22.7 Å². The van der Waals surface area contributed by atoms with E-state index >= 15 is 0 Å². The van der Waals surface area contributed by atoms with E-state index in [9.17, 15) is 5.26 Å². The average Bonchev–Trinajstić information content (AvgIpc) is 3.07. The van der Waals surface area contributed by atoms with Gasteiger partial charge >= 0.3 is 0 Å². The number of benzene rings is 1. The number of hydrogen-bond acceptors (Lipinski definition) is 8. The van der Waals surface area contributed by atoms with Gasteiger partial charge in [-0.05, 0) is 17.7 Å². The molecule has 9 nitrogen and oxygen atoms in total. The van der Waals surface area contributed by atoms with E-state index in [2.05, 4.69) is 16.3 Å². The van der Waals surface area contributed by atoms with Crippen LogP contribution in [0.4, 0.5) is 0 Å². The van der Waals surface area contributed by atoms with E-state index in [1.165, 1.54) is 21.3 Å². The summed E-state index contributed by atoms with van der Waals surface area (Å²) in [4.78, 5) is 0. The van der Waals surface area contributed by atoms with Gasteiger partial charge < -0.3 is 23.7 Å². The Labute approximate surface area is 156 Å². The lowest BCUT2D eigenvalue weighted by molar-refractivity contribution is 0.180. The number of rotatable bonds is 6. The van der Waals surface area contributed by atoms with Crippen LogP contribution >= 0.6 is 0 Å². The van der Waals surface area contributed by atoms with Gasteiger partial charge in [0.25, 0.3) is 0 Å². The van der Waals surface area contributed by atoms with E-state index in [4.69, 9.17) is 29.1 Å². The number of aromatic nitrogens is 2. The van der Waals surface area contributed by atoms with Crippen molar-refractivity contribution in [1.29, 1.82) is 10.7 Å². The third-order valence-corrected chi connectivity index (χ3v) is 4.46. The number of nitriles is 1. The quantitative estimate of drug-likeness (QED) is 0.797. The number of nitrogens with zero attached hydrogens (tertiary/aromatic N) is 2. The molecule has 0 spiro atoms. The smallest absolute Gasteiger partial charge is 0.243 e. The second-order valence-corrected chi connectivity index (χ2v) is 5.86. The molecule has 1 aromatic carbocycles. The maximum Gasteiger partial charge on any atom is 0.243 e. The molecule has 1 aliphatic heterocycles. The van der Waals surface area contributed by atoms with Crippen LogP contribution in [0.3, 0.4) is 0 Å². The number of ether oxygens (including phenoxy) is 5. The lowest BCUT2D eigenvalue weighted by Gasteiger charge is -2.28. The van der Waals surface area contributed by atoms with Crippen molar-refractivity contribution < 1.29 is 23.7 Å². The molecule has 0 saturated carbocycles. The van der Waals surface area contributed by atoms with E-state index < -0.39 is 11.8 Å². The first-order chi connectivity index (χ1) is 13.1. The molecular weight excluding hydrogens is 352 g/mol. The molecule has 0 fully saturated rings. The average molecular weight is 372 g/mol. The van der Waals surface area contributed by atoms with Crippen molar-refractivity contribution in [2.75, 3.05) is 28.4 Å². The fraction of sp³-hybridized carbons (Fsp3) is 0.389. The van der Waals surface area contributed by atoms with E-state index in [-0.39, 0.29) is 18.4 Å². The predicted molar refractivity (Wildman–Crippen MR) is 94.7 cm³/mol. The summed E-state index contributed by atoms with van der Waals surface area (Å²) in [5.74, 6) is 0.109. The summed E-state index contributed by atoms with van der Waals surface area (Å²) in [5, 5.41) is 24.8. The van der Waals surface area contributed by atoms with Gasteiger partial charge in [0.1, 0.15) is 5.92 Å². The van der Waals surface area contributed by atoms with Crippen molar-refractivity contribution in [3.63, 3.8) is 0 Å². The van der Waals surface area contributed by atoms with Crippen LogP contribution in [0.1, 0.15) is 22.7 Å². The molecule has 2 heterocycles. The molecule has 1 aromatic heterocycles. The van der Waals surface area contributed by atoms with E-state index in [0.29, 0.717) is 34.1 Å². The predicted octanol–water partition coefficient (Wildman–Crippen LogP) is 2.22. The summed E-state index contributed by atoms with van der Waals surface area (Å²) in [6.07, 6.45) is 0. The number of nitrogens with one attached hydrogen (secondary N) is 2. The Bertz CT molecular complexity index is 877. The van der Waals surface area contributed by atoms with Crippen LogP contribution in [-0.4, -0.2) is 44.5 Å². The van der Waals surface area contributed by atoms with Crippen LogP contribution < -0.4 is 18.9 Å². The molecular formula is C18H20N4O5. The SMILES string of the molecule is COCc1[nH]nc2c1C(c1cc(OC)c(OC)c(OC)c1)C(C#N)C(=N)O2. The molecule has 1 aliphatic rings. The van der Waals surface area contributed by atoms with Crippen molar-refractivity contribution in [2.24, 2.45) is 5.92 Å². The van der Waals surface area contributed by atoms with E-state index in [0.717, 1.165) is 0 Å². The normalized spacial score (nSPS) is 18.3. The van der Waals surface area contributed by atoms with E-state index in [1.54, 1.807) is 19.2 Å². The molecule has 0 bridgehead atoms. The maximum atomic E-state index is 9.71.